The van der Waals surface area contributed by atoms with E-state index in [0.29, 0.717) is 6.42 Å². The maximum Gasteiger partial charge on any atom is 0.306 e. The van der Waals surface area contributed by atoms with Crippen LogP contribution in [0.1, 0.15) is 105 Å². The highest BCUT2D eigenvalue weighted by Gasteiger charge is 2.23. The maximum atomic E-state index is 11.8. The van der Waals surface area contributed by atoms with Gasteiger partial charge in [0.1, 0.15) is 6.10 Å². The van der Waals surface area contributed by atoms with Crippen molar-refractivity contribution >= 4 is 17.8 Å². The Bertz CT molecular complexity index is 490. The van der Waals surface area contributed by atoms with Crippen LogP contribution in [0.25, 0.3) is 0 Å². The van der Waals surface area contributed by atoms with Crippen LogP contribution < -0.4 is 5.73 Å². The quantitative estimate of drug-likeness (QED) is 0.270. The van der Waals surface area contributed by atoms with Gasteiger partial charge in [-0.1, -0.05) is 46.5 Å². The summed E-state index contributed by atoms with van der Waals surface area (Å²) in [5.41, 5.74) is 5.49. The van der Waals surface area contributed by atoms with Crippen LogP contribution in [-0.2, 0) is 23.9 Å². The summed E-state index contributed by atoms with van der Waals surface area (Å²) in [7, 11) is 1.41. The summed E-state index contributed by atoms with van der Waals surface area (Å²) in [4.78, 5) is 34.6. The number of ether oxygens (including phenoxy) is 2. The minimum Gasteiger partial charge on any atom is -0.469 e. The summed E-state index contributed by atoms with van der Waals surface area (Å²) in [6, 6.07) is 0. The van der Waals surface area contributed by atoms with E-state index in [-0.39, 0.29) is 35.3 Å². The van der Waals surface area contributed by atoms with Gasteiger partial charge in [-0.05, 0) is 50.4 Å². The molecule has 0 aromatic carbocycles. The van der Waals surface area contributed by atoms with Gasteiger partial charge >= 0.3 is 11.9 Å². The van der Waals surface area contributed by atoms with E-state index in [1.165, 1.54) is 14.0 Å². The fourth-order valence-electron chi connectivity index (χ4n) is 3.69. The first-order valence-electron chi connectivity index (χ1n) is 11.1. The van der Waals surface area contributed by atoms with Crippen LogP contribution in [0.2, 0.25) is 0 Å². The number of esters is 2. The fourth-order valence-corrected chi connectivity index (χ4v) is 3.69. The van der Waals surface area contributed by atoms with Gasteiger partial charge in [-0.3, -0.25) is 14.4 Å². The topological polar surface area (TPSA) is 95.7 Å². The summed E-state index contributed by atoms with van der Waals surface area (Å²) in [5, 5.41) is 0. The lowest BCUT2D eigenvalue weighted by molar-refractivity contribution is -0.147. The number of carbonyl (C=O) groups is 3. The van der Waals surface area contributed by atoms with Crippen LogP contribution in [0.4, 0.5) is 0 Å². The van der Waals surface area contributed by atoms with E-state index in [2.05, 4.69) is 20.8 Å². The van der Waals surface area contributed by atoms with Gasteiger partial charge in [0.2, 0.25) is 5.91 Å². The molecule has 2 atom stereocenters. The monoisotopic (exact) mass is 413 g/mol. The Morgan fingerprint density at radius 1 is 0.931 bits per heavy atom. The molecule has 0 rings (SSSR count). The predicted molar refractivity (Wildman–Crippen MR) is 115 cm³/mol. The second-order valence-corrected chi connectivity index (χ2v) is 8.92. The number of carbonyl (C=O) groups excluding carboxylic acids is 3. The molecule has 0 fully saturated rings. The van der Waals surface area contributed by atoms with Crippen LogP contribution in [0.5, 0.6) is 0 Å². The number of nitrogens with two attached hydrogens (primary N) is 1. The molecule has 0 radical (unpaired) electrons. The van der Waals surface area contributed by atoms with Gasteiger partial charge in [-0.2, -0.15) is 0 Å². The maximum absolute atomic E-state index is 11.8. The zero-order valence-corrected chi connectivity index (χ0v) is 19.3. The van der Waals surface area contributed by atoms with Crippen molar-refractivity contribution in [3.63, 3.8) is 0 Å². The molecule has 0 aromatic rings. The molecule has 0 aliphatic carbocycles. The first kappa shape index (κ1) is 27.4. The summed E-state index contributed by atoms with van der Waals surface area (Å²) < 4.78 is 10.2. The van der Waals surface area contributed by atoms with E-state index >= 15 is 0 Å². The molecular formula is C23H43NO5. The summed E-state index contributed by atoms with van der Waals surface area (Å²) in [5.74, 6) is -0.833. The lowest BCUT2D eigenvalue weighted by Crippen LogP contribution is -2.24. The van der Waals surface area contributed by atoms with Crippen LogP contribution in [0.15, 0.2) is 0 Å². The second-order valence-electron chi connectivity index (χ2n) is 8.92. The molecule has 29 heavy (non-hydrogen) atoms. The number of primary amides is 1. The average Bonchev–Trinajstić information content (AvgIpc) is 2.62. The van der Waals surface area contributed by atoms with Crippen LogP contribution in [-0.4, -0.2) is 31.1 Å². The zero-order chi connectivity index (χ0) is 22.3. The number of rotatable bonds is 17. The Labute approximate surface area is 177 Å². The third-order valence-corrected chi connectivity index (χ3v) is 5.45. The first-order valence-corrected chi connectivity index (χ1v) is 11.1. The number of amides is 1. The second kappa shape index (κ2) is 15.3. The lowest BCUT2D eigenvalue weighted by Gasteiger charge is -2.23. The number of hydrogen-bond donors (Lipinski definition) is 1. The number of hydrogen-bond acceptors (Lipinski definition) is 5. The largest absolute Gasteiger partial charge is 0.469 e. The molecule has 0 aliphatic heterocycles. The van der Waals surface area contributed by atoms with Crippen molar-refractivity contribution in [3.8, 4) is 0 Å². The zero-order valence-electron chi connectivity index (χ0n) is 19.3. The van der Waals surface area contributed by atoms with Crippen molar-refractivity contribution in [2.75, 3.05) is 7.11 Å². The standard InChI is InChI=1S/C23H43NO5/c1-6-7-8-14-20(29-18(2)25)15-11-13-19(22(24)27)12-9-10-16-23(3,4)17-21(26)28-5/h19-20H,6-17H2,1-5H3,(H2,24,27). The van der Waals surface area contributed by atoms with E-state index in [1.54, 1.807) is 0 Å². The third-order valence-electron chi connectivity index (χ3n) is 5.45. The minimum absolute atomic E-state index is 0.0632. The molecule has 6 heteroatoms. The molecule has 0 aliphatic rings. The smallest absolute Gasteiger partial charge is 0.306 e. The van der Waals surface area contributed by atoms with Gasteiger partial charge in [0, 0.05) is 12.8 Å². The average molecular weight is 414 g/mol. The highest BCUT2D eigenvalue weighted by molar-refractivity contribution is 5.76. The highest BCUT2D eigenvalue weighted by atomic mass is 16.5. The van der Waals surface area contributed by atoms with Crippen molar-refractivity contribution in [3.05, 3.63) is 0 Å². The van der Waals surface area contributed by atoms with Gasteiger partial charge in [-0.25, -0.2) is 0 Å². The highest BCUT2D eigenvalue weighted by Crippen LogP contribution is 2.29. The Hall–Kier alpha value is -1.59. The van der Waals surface area contributed by atoms with Gasteiger partial charge in [0.25, 0.3) is 0 Å². The van der Waals surface area contributed by atoms with Crippen molar-refractivity contribution in [2.45, 2.75) is 111 Å². The molecule has 2 unspecified atom stereocenters. The lowest BCUT2D eigenvalue weighted by atomic mass is 9.83. The van der Waals surface area contributed by atoms with Crippen molar-refractivity contribution in [1.82, 2.24) is 0 Å². The Morgan fingerprint density at radius 2 is 1.52 bits per heavy atom. The predicted octanol–water partition coefficient (Wildman–Crippen LogP) is 4.92. The fraction of sp³-hybridized carbons (Fsp3) is 0.870. The SMILES string of the molecule is CCCCCC(CCCC(CCCCC(C)(C)CC(=O)OC)C(N)=O)OC(C)=O. The summed E-state index contributed by atoms with van der Waals surface area (Å²) in [6.45, 7) is 7.71. The molecule has 2 N–H and O–H groups in total. The minimum atomic E-state index is -0.256. The number of unbranched alkanes of at least 4 members (excludes halogenated alkanes) is 3. The van der Waals surface area contributed by atoms with Gasteiger partial charge in [0.15, 0.2) is 0 Å². The molecule has 0 bridgehead atoms. The van der Waals surface area contributed by atoms with E-state index in [4.69, 9.17) is 15.2 Å². The Morgan fingerprint density at radius 3 is 2.07 bits per heavy atom. The van der Waals surface area contributed by atoms with Crippen molar-refractivity contribution in [2.24, 2.45) is 17.1 Å². The molecule has 6 nitrogen and oxygen atoms in total. The molecule has 0 aromatic heterocycles. The van der Waals surface area contributed by atoms with E-state index in [0.717, 1.165) is 70.6 Å². The van der Waals surface area contributed by atoms with Gasteiger partial charge < -0.3 is 15.2 Å². The molecule has 170 valence electrons. The van der Waals surface area contributed by atoms with Crippen molar-refractivity contribution in [1.29, 1.82) is 0 Å². The van der Waals surface area contributed by atoms with Crippen molar-refractivity contribution < 1.29 is 23.9 Å². The molecule has 0 heterocycles. The normalized spacial score (nSPS) is 13.6. The van der Waals surface area contributed by atoms with Crippen LogP contribution in [0.3, 0.4) is 0 Å². The molecule has 0 spiro atoms. The third kappa shape index (κ3) is 15.0. The van der Waals surface area contributed by atoms with E-state index in [1.807, 2.05) is 0 Å². The van der Waals surface area contributed by atoms with E-state index in [9.17, 15) is 14.4 Å². The van der Waals surface area contributed by atoms with Gasteiger partial charge in [0.05, 0.1) is 13.5 Å². The van der Waals surface area contributed by atoms with Crippen LogP contribution >= 0.6 is 0 Å². The number of methoxy groups -OCH3 is 1. The molecule has 0 saturated heterocycles. The molecular weight excluding hydrogens is 370 g/mol. The first-order chi connectivity index (χ1) is 13.6. The summed E-state index contributed by atoms with van der Waals surface area (Å²) in [6.07, 6.45) is 10.4. The molecule has 1 amide bonds. The van der Waals surface area contributed by atoms with E-state index < -0.39 is 0 Å². The van der Waals surface area contributed by atoms with Crippen LogP contribution in [0, 0.1) is 11.3 Å². The Kier molecular flexibility index (Phi) is 14.4. The molecule has 0 saturated carbocycles. The summed E-state index contributed by atoms with van der Waals surface area (Å²) >= 11 is 0. The van der Waals surface area contributed by atoms with Gasteiger partial charge in [-0.15, -0.1) is 0 Å². The Balaban J connectivity index is 4.31.